The van der Waals surface area contributed by atoms with Crippen LogP contribution in [0.15, 0.2) is 42.5 Å². The van der Waals surface area contributed by atoms with Gasteiger partial charge in [0.2, 0.25) is 5.60 Å². The van der Waals surface area contributed by atoms with Crippen molar-refractivity contribution in [2.75, 3.05) is 7.11 Å². The monoisotopic (exact) mass is 394 g/mol. The van der Waals surface area contributed by atoms with Gasteiger partial charge in [0, 0.05) is 12.1 Å². The van der Waals surface area contributed by atoms with Crippen LogP contribution in [0, 0.1) is 0 Å². The van der Waals surface area contributed by atoms with Gasteiger partial charge in [0.15, 0.2) is 5.82 Å². The second-order valence-electron chi connectivity index (χ2n) is 6.11. The number of fused-ring (bicyclic) bond motifs is 1. The average Bonchev–Trinajstić information content (AvgIpc) is 3.05. The highest BCUT2D eigenvalue weighted by Crippen LogP contribution is 2.45. The number of imidazole rings is 1. The van der Waals surface area contributed by atoms with E-state index in [1.165, 1.54) is 35.9 Å². The van der Waals surface area contributed by atoms with Gasteiger partial charge in [-0.3, -0.25) is 0 Å². The van der Waals surface area contributed by atoms with Crippen molar-refractivity contribution < 1.29 is 32.9 Å². The normalized spacial score (nSPS) is 14.1. The zero-order valence-corrected chi connectivity index (χ0v) is 15.0. The lowest BCUT2D eigenvalue weighted by Crippen LogP contribution is -2.45. The first-order valence-electron chi connectivity index (χ1n) is 8.31. The van der Waals surface area contributed by atoms with Crippen LogP contribution in [0.2, 0.25) is 0 Å². The zero-order valence-electron chi connectivity index (χ0n) is 15.0. The molecule has 6 nitrogen and oxygen atoms in total. The lowest BCUT2D eigenvalue weighted by Gasteiger charge is -2.30. The van der Waals surface area contributed by atoms with Crippen molar-refractivity contribution in [1.82, 2.24) is 9.55 Å². The van der Waals surface area contributed by atoms with Gasteiger partial charge in [0.05, 0.1) is 18.2 Å². The zero-order chi connectivity index (χ0) is 20.7. The number of hydrogen-bond donors (Lipinski definition) is 2. The molecule has 1 aromatic heterocycles. The SMILES string of the molecule is CCn1c(C(O)(c2ccccc2)C(F)(F)F)nc2cc(C(=O)O)cc(OC)c21. The summed E-state index contributed by atoms with van der Waals surface area (Å²) >= 11 is 0. The fourth-order valence-corrected chi connectivity index (χ4v) is 3.19. The summed E-state index contributed by atoms with van der Waals surface area (Å²) in [5, 5.41) is 20.1. The molecule has 2 aromatic carbocycles. The molecule has 1 unspecified atom stereocenters. The number of benzene rings is 2. The smallest absolute Gasteiger partial charge is 0.428 e. The Bertz CT molecular complexity index is 1030. The Morgan fingerprint density at radius 2 is 1.86 bits per heavy atom. The molecule has 0 spiro atoms. The van der Waals surface area contributed by atoms with Crippen LogP contribution in [-0.2, 0) is 12.1 Å². The standard InChI is InChI=1S/C19H17F3N2O4/c1-3-24-15-13(9-11(16(25)26)10-14(15)28-2)23-17(24)18(27,19(20,21)22)12-7-5-4-6-8-12/h4-10,27H,3H2,1-2H3,(H,25,26). The summed E-state index contributed by atoms with van der Waals surface area (Å²) in [5.41, 5.74) is -3.83. The Labute approximate surface area is 157 Å². The number of carboxylic acid groups (broad SMARTS) is 1. The van der Waals surface area contributed by atoms with Crippen molar-refractivity contribution in [3.63, 3.8) is 0 Å². The molecule has 2 N–H and O–H groups in total. The molecule has 3 rings (SSSR count). The molecule has 0 radical (unpaired) electrons. The number of hydrogen-bond acceptors (Lipinski definition) is 4. The summed E-state index contributed by atoms with van der Waals surface area (Å²) in [6, 6.07) is 8.97. The number of alkyl halides is 3. The van der Waals surface area contributed by atoms with E-state index < -0.39 is 29.1 Å². The van der Waals surface area contributed by atoms with Gasteiger partial charge in [-0.15, -0.1) is 0 Å². The van der Waals surface area contributed by atoms with Gasteiger partial charge in [-0.05, 0) is 19.1 Å². The number of nitrogens with zero attached hydrogens (tertiary/aromatic N) is 2. The first kappa shape index (κ1) is 19.7. The maximum absolute atomic E-state index is 14.1. The lowest BCUT2D eigenvalue weighted by molar-refractivity contribution is -0.252. The van der Waals surface area contributed by atoms with E-state index in [2.05, 4.69) is 4.98 Å². The molecule has 0 saturated carbocycles. The fraction of sp³-hybridized carbons (Fsp3) is 0.263. The molecular weight excluding hydrogens is 377 g/mol. The predicted molar refractivity (Wildman–Crippen MR) is 94.4 cm³/mol. The summed E-state index contributed by atoms with van der Waals surface area (Å²) in [4.78, 5) is 15.3. The van der Waals surface area contributed by atoms with Crippen LogP contribution in [0.25, 0.3) is 11.0 Å². The van der Waals surface area contributed by atoms with Crippen LogP contribution in [0.4, 0.5) is 13.2 Å². The van der Waals surface area contributed by atoms with Gasteiger partial charge < -0.3 is 19.5 Å². The van der Waals surface area contributed by atoms with Crippen LogP contribution < -0.4 is 4.74 Å². The topological polar surface area (TPSA) is 84.6 Å². The molecule has 0 amide bonds. The largest absolute Gasteiger partial charge is 0.494 e. The first-order valence-corrected chi connectivity index (χ1v) is 8.31. The van der Waals surface area contributed by atoms with Crippen molar-refractivity contribution in [3.05, 3.63) is 59.4 Å². The molecule has 0 bridgehead atoms. The Morgan fingerprint density at radius 3 is 2.36 bits per heavy atom. The van der Waals surface area contributed by atoms with E-state index in [4.69, 9.17) is 4.74 Å². The third-order valence-corrected chi connectivity index (χ3v) is 4.52. The number of aromatic carboxylic acids is 1. The minimum absolute atomic E-state index is 0.0211. The molecule has 148 valence electrons. The maximum atomic E-state index is 14.1. The van der Waals surface area contributed by atoms with E-state index in [1.54, 1.807) is 6.92 Å². The number of halogens is 3. The number of aliphatic hydroxyl groups is 1. The Morgan fingerprint density at radius 1 is 1.21 bits per heavy atom. The minimum Gasteiger partial charge on any atom is -0.494 e. The Balaban J connectivity index is 2.42. The predicted octanol–water partition coefficient (Wildman–Crippen LogP) is 3.56. The van der Waals surface area contributed by atoms with Gasteiger partial charge in [-0.2, -0.15) is 13.2 Å². The van der Waals surface area contributed by atoms with E-state index in [1.807, 2.05) is 0 Å². The van der Waals surface area contributed by atoms with Gasteiger partial charge in [0.25, 0.3) is 0 Å². The summed E-state index contributed by atoms with van der Waals surface area (Å²) in [7, 11) is 1.28. The third kappa shape index (κ3) is 2.88. The molecule has 1 atom stereocenters. The molecule has 28 heavy (non-hydrogen) atoms. The molecule has 0 aliphatic heterocycles. The van der Waals surface area contributed by atoms with Crippen molar-refractivity contribution in [2.45, 2.75) is 25.2 Å². The molecule has 9 heteroatoms. The molecule has 1 heterocycles. The molecule has 0 aliphatic rings. The van der Waals surface area contributed by atoms with E-state index in [0.29, 0.717) is 0 Å². The quantitative estimate of drug-likeness (QED) is 0.691. The first-order chi connectivity index (χ1) is 13.1. The van der Waals surface area contributed by atoms with E-state index in [-0.39, 0.29) is 28.9 Å². The molecule has 3 aromatic rings. The Kier molecular flexibility index (Phi) is 4.80. The van der Waals surface area contributed by atoms with Gasteiger partial charge >= 0.3 is 12.1 Å². The summed E-state index contributed by atoms with van der Waals surface area (Å²) in [5.74, 6) is -1.89. The highest BCUT2D eigenvalue weighted by molar-refractivity contribution is 5.95. The van der Waals surface area contributed by atoms with Gasteiger partial charge in [-0.25, -0.2) is 9.78 Å². The number of rotatable bonds is 5. The van der Waals surface area contributed by atoms with E-state index >= 15 is 0 Å². The number of methoxy groups -OCH3 is 1. The number of carbonyl (C=O) groups is 1. The van der Waals surface area contributed by atoms with Crippen molar-refractivity contribution in [2.24, 2.45) is 0 Å². The maximum Gasteiger partial charge on any atom is 0.428 e. The molecule has 0 saturated heterocycles. The number of aromatic nitrogens is 2. The summed E-state index contributed by atoms with van der Waals surface area (Å²) < 4.78 is 48.6. The van der Waals surface area contributed by atoms with Crippen molar-refractivity contribution >= 4 is 17.0 Å². The second kappa shape index (κ2) is 6.83. The van der Waals surface area contributed by atoms with Crippen LogP contribution in [0.5, 0.6) is 5.75 Å². The minimum atomic E-state index is -5.08. The summed E-state index contributed by atoms with van der Waals surface area (Å²) in [6.45, 7) is 1.64. The Hall–Kier alpha value is -3.07. The highest BCUT2D eigenvalue weighted by atomic mass is 19.4. The van der Waals surface area contributed by atoms with E-state index in [9.17, 15) is 28.2 Å². The highest BCUT2D eigenvalue weighted by Gasteiger charge is 2.59. The average molecular weight is 394 g/mol. The van der Waals surface area contributed by atoms with Crippen molar-refractivity contribution in [1.29, 1.82) is 0 Å². The fourth-order valence-electron chi connectivity index (χ4n) is 3.19. The number of ether oxygens (including phenoxy) is 1. The van der Waals surface area contributed by atoms with E-state index in [0.717, 1.165) is 18.2 Å². The number of carboxylic acids is 1. The van der Waals surface area contributed by atoms with Crippen LogP contribution in [0.3, 0.4) is 0 Å². The number of aryl methyl sites for hydroxylation is 1. The van der Waals surface area contributed by atoms with Crippen LogP contribution in [-0.4, -0.2) is 39.0 Å². The third-order valence-electron chi connectivity index (χ3n) is 4.52. The molecular formula is C19H17F3N2O4. The van der Waals surface area contributed by atoms with Gasteiger partial charge in [-0.1, -0.05) is 30.3 Å². The molecule has 0 fully saturated rings. The van der Waals surface area contributed by atoms with Crippen LogP contribution >= 0.6 is 0 Å². The second-order valence-corrected chi connectivity index (χ2v) is 6.11. The molecule has 0 aliphatic carbocycles. The lowest BCUT2D eigenvalue weighted by atomic mass is 9.92. The van der Waals surface area contributed by atoms with Crippen molar-refractivity contribution in [3.8, 4) is 5.75 Å². The summed E-state index contributed by atoms with van der Waals surface area (Å²) in [6.07, 6.45) is -5.08. The van der Waals surface area contributed by atoms with Crippen LogP contribution in [0.1, 0.15) is 28.7 Å². The van der Waals surface area contributed by atoms with Gasteiger partial charge in [0.1, 0.15) is 11.3 Å².